The molecule has 6 heteroatoms. The van der Waals surface area contributed by atoms with Crippen LogP contribution in [0.15, 0.2) is 162 Å². The molecule has 0 atom stereocenters. The van der Waals surface area contributed by atoms with E-state index >= 15 is 0 Å². The van der Waals surface area contributed by atoms with E-state index in [1.807, 2.05) is 6.07 Å². The Hall–Kier alpha value is -5.33. The van der Waals surface area contributed by atoms with Gasteiger partial charge in [-0.25, -0.2) is 0 Å². The maximum Gasteiger partial charge on any atom is 0 e. The second-order valence-corrected chi connectivity index (χ2v) is 24.8. The molecule has 55 heavy (non-hydrogen) atoms. The standard InChI is InChI=1S/C36H29GeN2O.C13H12N.Ir/c1-37(2,3)27-21-22-34-30(23-27)31(24-40-34)36-38-32-19-10-11-20-33(32)39(36)35-28(25-13-6-4-7-14-25)17-12-18-29(35)26-15-8-5-9-16-26;1-10-3-6-12(7-4-10)13-8-5-11(2)9-14-13;/h4-23H,1-3H3;3-6,8-9H,1-2H3;/q2*-1;/i;1D3,2D3;. The summed E-state index contributed by atoms with van der Waals surface area (Å²) in [6, 6.07) is 53.2. The maximum absolute atomic E-state index is 7.28. The summed E-state index contributed by atoms with van der Waals surface area (Å²) in [6.07, 6.45) is 4.56. The summed E-state index contributed by atoms with van der Waals surface area (Å²) >= 11 is -2.09. The van der Waals surface area contributed by atoms with Crippen LogP contribution in [0.2, 0.25) is 17.3 Å². The Morgan fingerprint density at radius 3 is 1.98 bits per heavy atom. The van der Waals surface area contributed by atoms with Gasteiger partial charge in [-0.1, -0.05) is 19.0 Å². The zero-order valence-corrected chi connectivity index (χ0v) is 35.1. The summed E-state index contributed by atoms with van der Waals surface area (Å²) in [6.45, 7) is -4.34. The predicted octanol–water partition coefficient (Wildman–Crippen LogP) is 12.3. The minimum atomic E-state index is -2.18. The fourth-order valence-corrected chi connectivity index (χ4v) is 9.09. The molecule has 0 aliphatic heterocycles. The van der Waals surface area contributed by atoms with Crippen molar-refractivity contribution in [3.63, 3.8) is 0 Å². The smallest absolute Gasteiger partial charge is 0 e. The number of benzene rings is 6. The molecule has 0 aliphatic rings. The predicted molar refractivity (Wildman–Crippen MR) is 227 cm³/mol. The zero-order chi connectivity index (χ0) is 42.2. The van der Waals surface area contributed by atoms with Gasteiger partial charge in [0.2, 0.25) is 0 Å². The quantitative estimate of drug-likeness (QED) is 0.123. The minimum absolute atomic E-state index is 0. The van der Waals surface area contributed by atoms with Crippen LogP contribution in [-0.4, -0.2) is 27.8 Å². The third kappa shape index (κ3) is 7.92. The van der Waals surface area contributed by atoms with Crippen molar-refractivity contribution in [2.24, 2.45) is 0 Å². The van der Waals surface area contributed by atoms with E-state index in [1.54, 1.807) is 12.1 Å². The first kappa shape index (κ1) is 30.9. The monoisotopic (exact) mass is 960 g/mol. The third-order valence-corrected chi connectivity index (χ3v) is 13.7. The topological polar surface area (TPSA) is 43.9 Å². The van der Waals surface area contributed by atoms with E-state index in [4.69, 9.17) is 17.6 Å². The minimum Gasteiger partial charge on any atom is 0 e. The van der Waals surface area contributed by atoms with Gasteiger partial charge in [0.05, 0.1) is 0 Å². The number of nitrogens with zero attached hydrogens (tertiary/aromatic N) is 3. The van der Waals surface area contributed by atoms with Crippen LogP contribution in [0.25, 0.3) is 72.6 Å². The van der Waals surface area contributed by atoms with Gasteiger partial charge in [0.25, 0.3) is 0 Å². The number of hydrogen-bond donors (Lipinski definition) is 0. The van der Waals surface area contributed by atoms with Crippen LogP contribution >= 0.6 is 0 Å². The van der Waals surface area contributed by atoms with Crippen LogP contribution in [0.1, 0.15) is 19.4 Å². The van der Waals surface area contributed by atoms with Gasteiger partial charge < -0.3 is 4.98 Å². The van der Waals surface area contributed by atoms with Crippen LogP contribution in [0, 0.1) is 26.0 Å². The average molecular weight is 959 g/mol. The van der Waals surface area contributed by atoms with Crippen LogP contribution in [0.5, 0.6) is 0 Å². The number of hydrogen-bond acceptors (Lipinski definition) is 3. The van der Waals surface area contributed by atoms with Crippen molar-refractivity contribution in [3.8, 4) is 50.6 Å². The number of furan rings is 1. The second kappa shape index (κ2) is 16.2. The van der Waals surface area contributed by atoms with E-state index in [9.17, 15) is 0 Å². The van der Waals surface area contributed by atoms with Gasteiger partial charge in [0.15, 0.2) is 0 Å². The summed E-state index contributed by atoms with van der Waals surface area (Å²) in [5.41, 5.74) is 10.9. The Bertz CT molecular complexity index is 2810. The molecule has 0 saturated heterocycles. The Balaban J connectivity index is 0.000000226. The molecule has 0 bridgehead atoms. The second-order valence-electron chi connectivity index (χ2n) is 14.2. The summed E-state index contributed by atoms with van der Waals surface area (Å²) in [4.78, 5) is 9.31. The van der Waals surface area contributed by atoms with Gasteiger partial charge in [-0.15, -0.1) is 35.4 Å². The number of rotatable bonds is 6. The van der Waals surface area contributed by atoms with Crippen molar-refractivity contribution in [1.82, 2.24) is 14.5 Å². The van der Waals surface area contributed by atoms with E-state index in [0.717, 1.165) is 61.3 Å². The molecule has 0 N–H and O–H groups in total. The van der Waals surface area contributed by atoms with Crippen molar-refractivity contribution in [2.75, 3.05) is 0 Å². The maximum atomic E-state index is 7.28. The molecule has 1 radical (unpaired) electrons. The first-order valence-electron chi connectivity index (χ1n) is 20.8. The number of fused-ring (bicyclic) bond motifs is 2. The molecule has 4 nitrogen and oxygen atoms in total. The Kier molecular flexibility index (Phi) is 9.10. The van der Waals surface area contributed by atoms with Crippen LogP contribution in [0.3, 0.4) is 0 Å². The molecular formula is C49H41GeIrN3O-2. The molecule has 9 rings (SSSR count). The molecule has 3 aromatic heterocycles. The molecule has 3 heterocycles. The van der Waals surface area contributed by atoms with Gasteiger partial charge in [0.1, 0.15) is 0 Å². The molecule has 0 fully saturated rings. The van der Waals surface area contributed by atoms with Crippen LogP contribution in [-0.2, 0) is 20.1 Å². The molecule has 0 spiro atoms. The van der Waals surface area contributed by atoms with Crippen molar-refractivity contribution >= 4 is 39.7 Å². The molecule has 0 saturated carbocycles. The van der Waals surface area contributed by atoms with E-state index in [2.05, 4.69) is 154 Å². The summed E-state index contributed by atoms with van der Waals surface area (Å²) in [7, 11) is 0. The van der Waals surface area contributed by atoms with Gasteiger partial charge >= 0.3 is 238 Å². The molecule has 6 aromatic carbocycles. The van der Waals surface area contributed by atoms with Gasteiger partial charge in [-0.2, -0.15) is 0 Å². The normalized spacial score (nSPS) is 13.3. The molecule has 0 unspecified atom stereocenters. The molecule has 0 amide bonds. The SMILES string of the molecule is [2H]C([2H])([2H])c1c[c-]c(-c2ccc(C([2H])([2H])[2H])cn2)cc1.[CH3][Ge]([CH3])([CH3])[c]1ccc2o[c-]c(-c3nc4ccccc4n3-c3c(-c4ccccc4)cccc3-c3ccccc3)c2c1.[Ir]. The average Bonchev–Trinajstić information content (AvgIpc) is 3.85. The van der Waals surface area contributed by atoms with Gasteiger partial charge in [0, 0.05) is 34.5 Å². The van der Waals surface area contributed by atoms with Crippen molar-refractivity contribution in [3.05, 3.63) is 181 Å². The first-order valence-corrected chi connectivity index (χ1v) is 25.2. The van der Waals surface area contributed by atoms with Crippen LogP contribution in [0.4, 0.5) is 0 Å². The van der Waals surface area contributed by atoms with Gasteiger partial charge in [-0.3, -0.25) is 0 Å². The number of aromatic nitrogens is 3. The molecule has 273 valence electrons. The Morgan fingerprint density at radius 1 is 0.691 bits per heavy atom. The largest absolute Gasteiger partial charge is 0 e. The van der Waals surface area contributed by atoms with Crippen molar-refractivity contribution in [1.29, 1.82) is 0 Å². The summed E-state index contributed by atoms with van der Waals surface area (Å²) < 4.78 is 53.4. The summed E-state index contributed by atoms with van der Waals surface area (Å²) in [5, 5.41) is 1.06. The zero-order valence-electron chi connectivity index (χ0n) is 36.6. The fourth-order valence-electron chi connectivity index (χ4n) is 6.65. The van der Waals surface area contributed by atoms with Crippen LogP contribution < -0.4 is 4.40 Å². The number of aryl methyl sites for hydroxylation is 2. The first-order chi connectivity index (χ1) is 28.7. The van der Waals surface area contributed by atoms with Crippen molar-refractivity contribution < 1.29 is 32.7 Å². The third-order valence-electron chi connectivity index (χ3n) is 9.44. The Morgan fingerprint density at radius 2 is 1.36 bits per heavy atom. The molecule has 9 aromatic rings. The van der Waals surface area contributed by atoms with E-state index in [1.165, 1.54) is 28.8 Å². The molecular weight excluding hydrogens is 911 g/mol. The van der Waals surface area contributed by atoms with Crippen molar-refractivity contribution in [2.45, 2.75) is 31.0 Å². The summed E-state index contributed by atoms with van der Waals surface area (Å²) in [5.74, 6) is 8.09. The Labute approximate surface area is 348 Å². The number of imidazole rings is 1. The number of para-hydroxylation sites is 3. The fraction of sp³-hybridized carbons (Fsp3) is 0.102. The van der Waals surface area contributed by atoms with E-state index in [0.29, 0.717) is 11.3 Å². The van der Waals surface area contributed by atoms with E-state index in [-0.39, 0.29) is 31.2 Å². The molecule has 0 aliphatic carbocycles. The van der Waals surface area contributed by atoms with E-state index < -0.39 is 27.0 Å². The van der Waals surface area contributed by atoms with Gasteiger partial charge in [-0.05, 0) is 18.1 Å². The number of pyridine rings is 1.